The van der Waals surface area contributed by atoms with E-state index >= 15 is 0 Å². The Kier molecular flexibility index (Phi) is 1.19. The van der Waals surface area contributed by atoms with Crippen LogP contribution in [0.4, 0.5) is 0 Å². The molecule has 0 radical (unpaired) electrons. The second kappa shape index (κ2) is 1.82. The second-order valence-corrected chi connectivity index (χ2v) is 3.71. The standard InChI is InChI=1S/C6H2Cl2S/c7-3-1-5-6(9-5)2-4(3)8/h1-2H. The first kappa shape index (κ1) is 5.90. The van der Waals surface area contributed by atoms with Gasteiger partial charge in [-0.15, -0.1) is 0 Å². The maximum Gasteiger partial charge on any atom is 0.0604 e. The summed E-state index contributed by atoms with van der Waals surface area (Å²) >= 11 is 13.1. The van der Waals surface area contributed by atoms with Gasteiger partial charge in [-0.05, 0) is 12.1 Å². The van der Waals surface area contributed by atoms with Gasteiger partial charge in [0.15, 0.2) is 0 Å². The van der Waals surface area contributed by atoms with Crippen molar-refractivity contribution in [2.24, 2.45) is 0 Å². The molecule has 2 rings (SSSR count). The van der Waals surface area contributed by atoms with Gasteiger partial charge in [0.1, 0.15) is 0 Å². The molecular formula is C6H2Cl2S. The molecule has 0 saturated heterocycles. The summed E-state index contributed by atoms with van der Waals surface area (Å²) in [5.41, 5.74) is 0. The summed E-state index contributed by atoms with van der Waals surface area (Å²) in [7, 11) is 0. The first-order valence-corrected chi connectivity index (χ1v) is 4.01. The van der Waals surface area contributed by atoms with Crippen molar-refractivity contribution in [1.82, 2.24) is 0 Å². The van der Waals surface area contributed by atoms with E-state index in [0.717, 1.165) is 0 Å². The lowest BCUT2D eigenvalue weighted by molar-refractivity contribution is 1.38. The summed E-state index contributed by atoms with van der Waals surface area (Å²) in [6.45, 7) is 0. The van der Waals surface area contributed by atoms with Crippen molar-refractivity contribution in [3.63, 3.8) is 0 Å². The third kappa shape index (κ3) is 0.936. The average molecular weight is 177 g/mol. The van der Waals surface area contributed by atoms with Crippen molar-refractivity contribution in [3.8, 4) is 0 Å². The first-order valence-electron chi connectivity index (χ1n) is 2.44. The fourth-order valence-corrected chi connectivity index (χ4v) is 1.78. The van der Waals surface area contributed by atoms with E-state index in [4.69, 9.17) is 23.2 Å². The average Bonchev–Trinajstić information content (AvgIpc) is 2.46. The highest BCUT2D eigenvalue weighted by Gasteiger charge is 2.19. The minimum atomic E-state index is 0.653. The fourth-order valence-electron chi connectivity index (χ4n) is 0.662. The van der Waals surface area contributed by atoms with Crippen molar-refractivity contribution in [3.05, 3.63) is 22.2 Å². The lowest BCUT2D eigenvalue weighted by atomic mass is 10.4. The molecule has 0 amide bonds. The monoisotopic (exact) mass is 176 g/mol. The van der Waals surface area contributed by atoms with E-state index in [1.807, 2.05) is 12.1 Å². The third-order valence-electron chi connectivity index (χ3n) is 1.16. The van der Waals surface area contributed by atoms with E-state index < -0.39 is 0 Å². The second-order valence-electron chi connectivity index (χ2n) is 1.82. The van der Waals surface area contributed by atoms with E-state index in [-0.39, 0.29) is 0 Å². The van der Waals surface area contributed by atoms with Crippen LogP contribution in [-0.2, 0) is 0 Å². The summed E-state index contributed by atoms with van der Waals surface area (Å²) in [6, 6.07) is 3.79. The molecule has 0 saturated carbocycles. The normalized spacial score (nSPS) is 13.1. The maximum atomic E-state index is 5.70. The zero-order chi connectivity index (χ0) is 6.43. The minimum absolute atomic E-state index is 0.653. The highest BCUT2D eigenvalue weighted by Crippen LogP contribution is 2.51. The van der Waals surface area contributed by atoms with Crippen LogP contribution in [0.3, 0.4) is 0 Å². The molecule has 0 aliphatic carbocycles. The van der Waals surface area contributed by atoms with Crippen molar-refractivity contribution in [2.75, 3.05) is 0 Å². The zero-order valence-electron chi connectivity index (χ0n) is 4.32. The van der Waals surface area contributed by atoms with Crippen LogP contribution in [0.25, 0.3) is 0 Å². The highest BCUT2D eigenvalue weighted by atomic mass is 35.5. The molecule has 0 fully saturated rings. The predicted molar refractivity (Wildman–Crippen MR) is 40.6 cm³/mol. The smallest absolute Gasteiger partial charge is 0.0604 e. The lowest BCUT2D eigenvalue weighted by Crippen LogP contribution is -1.61. The number of halogens is 2. The van der Waals surface area contributed by atoms with Gasteiger partial charge >= 0.3 is 0 Å². The van der Waals surface area contributed by atoms with Crippen molar-refractivity contribution >= 4 is 35.0 Å². The number of hydrogen-bond donors (Lipinski definition) is 0. The molecule has 0 N–H and O–H groups in total. The Morgan fingerprint density at radius 3 is 1.89 bits per heavy atom. The van der Waals surface area contributed by atoms with E-state index in [1.54, 1.807) is 11.8 Å². The molecular weight excluding hydrogens is 175 g/mol. The van der Waals surface area contributed by atoms with Crippen LogP contribution in [0.15, 0.2) is 21.9 Å². The van der Waals surface area contributed by atoms with Gasteiger partial charge < -0.3 is 0 Å². The molecule has 1 aromatic rings. The van der Waals surface area contributed by atoms with Gasteiger partial charge in [-0.1, -0.05) is 35.0 Å². The molecule has 0 nitrogen and oxygen atoms in total. The summed E-state index contributed by atoms with van der Waals surface area (Å²) in [5.74, 6) is 0. The lowest BCUT2D eigenvalue weighted by Gasteiger charge is -1.86. The van der Waals surface area contributed by atoms with Crippen LogP contribution in [0.2, 0.25) is 10.0 Å². The van der Waals surface area contributed by atoms with E-state index in [1.165, 1.54) is 9.79 Å². The molecule has 0 unspecified atom stereocenters. The van der Waals surface area contributed by atoms with E-state index in [2.05, 4.69) is 0 Å². The molecule has 1 aliphatic heterocycles. The van der Waals surface area contributed by atoms with Crippen molar-refractivity contribution in [2.45, 2.75) is 9.79 Å². The van der Waals surface area contributed by atoms with Gasteiger partial charge in [0, 0.05) is 9.79 Å². The Hall–Kier alpha value is 0.150. The van der Waals surface area contributed by atoms with Crippen LogP contribution in [-0.4, -0.2) is 0 Å². The van der Waals surface area contributed by atoms with E-state index in [0.29, 0.717) is 10.0 Å². The van der Waals surface area contributed by atoms with Gasteiger partial charge in [0.2, 0.25) is 0 Å². The fraction of sp³-hybridized carbons (Fsp3) is 0. The Morgan fingerprint density at radius 1 is 1.00 bits per heavy atom. The molecule has 0 aromatic heterocycles. The summed E-state index contributed by atoms with van der Waals surface area (Å²) in [6.07, 6.45) is 0. The predicted octanol–water partition coefficient (Wildman–Crippen LogP) is 3.46. The van der Waals surface area contributed by atoms with Gasteiger partial charge in [0.25, 0.3) is 0 Å². The van der Waals surface area contributed by atoms with Gasteiger partial charge in [-0.3, -0.25) is 0 Å². The van der Waals surface area contributed by atoms with Gasteiger partial charge in [-0.2, -0.15) is 0 Å². The summed E-state index contributed by atoms with van der Waals surface area (Å²) in [5, 5.41) is 1.31. The van der Waals surface area contributed by atoms with Crippen LogP contribution in [0.1, 0.15) is 0 Å². The zero-order valence-corrected chi connectivity index (χ0v) is 6.65. The molecule has 3 heteroatoms. The summed E-state index contributed by atoms with van der Waals surface area (Å²) in [4.78, 5) is 2.51. The molecule has 0 spiro atoms. The molecule has 9 heavy (non-hydrogen) atoms. The van der Waals surface area contributed by atoms with Crippen LogP contribution >= 0.6 is 35.0 Å². The van der Waals surface area contributed by atoms with E-state index in [9.17, 15) is 0 Å². The third-order valence-corrected chi connectivity index (χ3v) is 2.80. The Labute approximate surface area is 67.2 Å². The molecule has 1 aromatic carbocycles. The Morgan fingerprint density at radius 2 is 1.44 bits per heavy atom. The topological polar surface area (TPSA) is 0 Å². The Balaban J connectivity index is 2.66. The minimum Gasteiger partial charge on any atom is -0.0876 e. The number of rotatable bonds is 0. The van der Waals surface area contributed by atoms with Crippen LogP contribution in [0, 0.1) is 0 Å². The molecule has 1 aliphatic rings. The number of hydrogen-bond acceptors (Lipinski definition) is 1. The number of fused-ring (bicyclic) bond motifs is 1. The quantitative estimate of drug-likeness (QED) is 0.555. The Bertz CT molecular complexity index is 243. The summed E-state index contributed by atoms with van der Waals surface area (Å²) < 4.78 is 0. The van der Waals surface area contributed by atoms with Crippen LogP contribution in [0.5, 0.6) is 0 Å². The molecule has 0 atom stereocenters. The molecule has 0 bridgehead atoms. The van der Waals surface area contributed by atoms with Crippen molar-refractivity contribution < 1.29 is 0 Å². The van der Waals surface area contributed by atoms with Crippen molar-refractivity contribution in [1.29, 1.82) is 0 Å². The maximum absolute atomic E-state index is 5.70. The largest absolute Gasteiger partial charge is 0.0876 e. The number of benzene rings is 1. The highest BCUT2D eigenvalue weighted by molar-refractivity contribution is 8.05. The molecule has 46 valence electrons. The van der Waals surface area contributed by atoms with Crippen LogP contribution < -0.4 is 0 Å². The van der Waals surface area contributed by atoms with Gasteiger partial charge in [-0.25, -0.2) is 0 Å². The van der Waals surface area contributed by atoms with Gasteiger partial charge in [0.05, 0.1) is 10.0 Å². The first-order chi connectivity index (χ1) is 4.27. The SMILES string of the molecule is Clc1cc2c(cc1Cl)S2. The molecule has 1 heterocycles.